The van der Waals surface area contributed by atoms with Gasteiger partial charge in [-0.1, -0.05) is 46.3 Å². The molecule has 88 valence electrons. The first-order valence-corrected chi connectivity index (χ1v) is 6.44. The van der Waals surface area contributed by atoms with E-state index in [0.29, 0.717) is 6.61 Å². The molecule has 0 aliphatic heterocycles. The number of rotatable bonds is 4. The number of pyridine rings is 1. The van der Waals surface area contributed by atoms with Gasteiger partial charge in [0.25, 0.3) is 0 Å². The van der Waals surface area contributed by atoms with Gasteiger partial charge >= 0.3 is 0 Å². The molecule has 3 heteroatoms. The minimum atomic E-state index is 0.189. The lowest BCUT2D eigenvalue weighted by atomic mass is 10.2. The fourth-order valence-electron chi connectivity index (χ4n) is 1.56. The van der Waals surface area contributed by atoms with Gasteiger partial charge in [0, 0.05) is 6.20 Å². The van der Waals surface area contributed by atoms with Crippen molar-refractivity contribution in [2.75, 3.05) is 0 Å². The number of alkyl halides is 1. The van der Waals surface area contributed by atoms with E-state index in [2.05, 4.69) is 20.9 Å². The number of ether oxygens (including phenoxy) is 1. The molecular weight excluding hydrogens is 278 g/mol. The minimum Gasteiger partial charge on any atom is -0.487 e. The molecule has 1 aromatic carbocycles. The third-order valence-corrected chi connectivity index (χ3v) is 2.85. The van der Waals surface area contributed by atoms with Crippen molar-refractivity contribution in [3.8, 4) is 5.75 Å². The Balaban J connectivity index is 2.09. The summed E-state index contributed by atoms with van der Waals surface area (Å²) >= 11 is 3.52. The van der Waals surface area contributed by atoms with Crippen LogP contribution >= 0.6 is 15.9 Å². The van der Waals surface area contributed by atoms with Gasteiger partial charge in [-0.2, -0.15) is 0 Å². The van der Waals surface area contributed by atoms with Crippen LogP contribution in [0.1, 0.15) is 23.0 Å². The summed E-state index contributed by atoms with van der Waals surface area (Å²) in [5, 5.41) is 0. The zero-order valence-electron chi connectivity index (χ0n) is 9.64. The maximum absolute atomic E-state index is 5.79. The zero-order valence-corrected chi connectivity index (χ0v) is 11.2. The number of benzene rings is 1. The monoisotopic (exact) mass is 291 g/mol. The highest BCUT2D eigenvalue weighted by atomic mass is 79.9. The molecule has 0 radical (unpaired) electrons. The third-order valence-electron chi connectivity index (χ3n) is 2.41. The first kappa shape index (κ1) is 12.1. The second-order valence-electron chi connectivity index (χ2n) is 3.78. The van der Waals surface area contributed by atoms with Crippen molar-refractivity contribution in [1.29, 1.82) is 0 Å². The molecule has 1 unspecified atom stereocenters. The molecule has 1 heterocycles. The van der Waals surface area contributed by atoms with Crippen LogP contribution in [0.5, 0.6) is 5.75 Å². The summed E-state index contributed by atoms with van der Waals surface area (Å²) in [5.41, 5.74) is 2.09. The van der Waals surface area contributed by atoms with Crippen LogP contribution in [0.2, 0.25) is 0 Å². The largest absolute Gasteiger partial charge is 0.487 e. The molecule has 2 aromatic rings. The standard InChI is InChI=1S/C14H14BrNO/c1-11(15)14-13(8-5-9-16-14)17-10-12-6-3-2-4-7-12/h2-9,11H,10H2,1H3. The van der Waals surface area contributed by atoms with E-state index in [1.807, 2.05) is 49.4 Å². The summed E-state index contributed by atoms with van der Waals surface area (Å²) in [5.74, 6) is 0.834. The maximum atomic E-state index is 5.79. The van der Waals surface area contributed by atoms with E-state index in [1.54, 1.807) is 6.20 Å². The Morgan fingerprint density at radius 3 is 2.65 bits per heavy atom. The lowest BCUT2D eigenvalue weighted by molar-refractivity contribution is 0.301. The van der Waals surface area contributed by atoms with Gasteiger partial charge in [0.1, 0.15) is 12.4 Å². The van der Waals surface area contributed by atoms with Gasteiger partial charge in [0.15, 0.2) is 0 Å². The molecule has 2 nitrogen and oxygen atoms in total. The van der Waals surface area contributed by atoms with E-state index < -0.39 is 0 Å². The highest BCUT2D eigenvalue weighted by Gasteiger charge is 2.09. The van der Waals surface area contributed by atoms with E-state index in [9.17, 15) is 0 Å². The molecule has 0 saturated heterocycles. The third kappa shape index (κ3) is 3.30. The van der Waals surface area contributed by atoms with Gasteiger partial charge in [-0.3, -0.25) is 4.98 Å². The van der Waals surface area contributed by atoms with Gasteiger partial charge in [-0.15, -0.1) is 0 Å². The molecule has 0 amide bonds. The highest BCUT2D eigenvalue weighted by Crippen LogP contribution is 2.28. The van der Waals surface area contributed by atoms with E-state index in [4.69, 9.17) is 4.74 Å². The van der Waals surface area contributed by atoms with E-state index in [-0.39, 0.29) is 4.83 Å². The molecular formula is C14H14BrNO. The quantitative estimate of drug-likeness (QED) is 0.791. The molecule has 1 aromatic heterocycles. The average molecular weight is 292 g/mol. The number of nitrogens with zero attached hydrogens (tertiary/aromatic N) is 1. The number of hydrogen-bond donors (Lipinski definition) is 0. The first-order valence-electron chi connectivity index (χ1n) is 5.53. The lowest BCUT2D eigenvalue weighted by Gasteiger charge is -2.11. The lowest BCUT2D eigenvalue weighted by Crippen LogP contribution is -2.00. The number of aromatic nitrogens is 1. The van der Waals surface area contributed by atoms with Crippen LogP contribution < -0.4 is 4.74 Å². The van der Waals surface area contributed by atoms with Gasteiger partial charge in [-0.25, -0.2) is 0 Å². The Labute approximate surface area is 110 Å². The Bertz CT molecular complexity index is 471. The first-order chi connectivity index (χ1) is 8.27. The van der Waals surface area contributed by atoms with Gasteiger partial charge in [0.2, 0.25) is 0 Å². The summed E-state index contributed by atoms with van der Waals surface area (Å²) in [6.45, 7) is 2.61. The SMILES string of the molecule is CC(Br)c1ncccc1OCc1ccccc1. The van der Waals surface area contributed by atoms with E-state index >= 15 is 0 Å². The van der Waals surface area contributed by atoms with Gasteiger partial charge in [0.05, 0.1) is 10.5 Å². The van der Waals surface area contributed by atoms with E-state index in [0.717, 1.165) is 17.0 Å². The predicted molar refractivity (Wildman–Crippen MR) is 72.4 cm³/mol. The van der Waals surface area contributed by atoms with Gasteiger partial charge < -0.3 is 4.74 Å². The van der Waals surface area contributed by atoms with Crippen molar-refractivity contribution in [1.82, 2.24) is 4.98 Å². The second kappa shape index (κ2) is 5.82. The summed E-state index contributed by atoms with van der Waals surface area (Å²) in [7, 11) is 0. The van der Waals surface area contributed by atoms with Crippen LogP contribution in [0.25, 0.3) is 0 Å². The van der Waals surface area contributed by atoms with Crippen molar-refractivity contribution in [2.45, 2.75) is 18.4 Å². The molecule has 0 fully saturated rings. The summed E-state index contributed by atoms with van der Waals surface area (Å²) in [6.07, 6.45) is 1.78. The number of hydrogen-bond acceptors (Lipinski definition) is 2. The van der Waals surface area contributed by atoms with Crippen LogP contribution in [0.3, 0.4) is 0 Å². The molecule has 0 aliphatic rings. The molecule has 2 rings (SSSR count). The van der Waals surface area contributed by atoms with Crippen molar-refractivity contribution in [2.24, 2.45) is 0 Å². The molecule has 0 aliphatic carbocycles. The van der Waals surface area contributed by atoms with Crippen molar-refractivity contribution in [3.05, 3.63) is 59.9 Å². The van der Waals surface area contributed by atoms with Crippen LogP contribution in [-0.2, 0) is 6.61 Å². The predicted octanol–water partition coefficient (Wildman–Crippen LogP) is 4.12. The zero-order chi connectivity index (χ0) is 12.1. The number of halogens is 1. The Kier molecular flexibility index (Phi) is 4.15. The van der Waals surface area contributed by atoms with Crippen molar-refractivity contribution >= 4 is 15.9 Å². The summed E-state index contributed by atoms with van der Waals surface area (Å²) in [6, 6.07) is 14.0. The molecule has 17 heavy (non-hydrogen) atoms. The summed E-state index contributed by atoms with van der Waals surface area (Å²) in [4.78, 5) is 4.51. The molecule has 0 spiro atoms. The fraction of sp³-hybridized carbons (Fsp3) is 0.214. The van der Waals surface area contributed by atoms with Crippen molar-refractivity contribution < 1.29 is 4.74 Å². The Morgan fingerprint density at radius 1 is 1.18 bits per heavy atom. The van der Waals surface area contributed by atoms with E-state index in [1.165, 1.54) is 0 Å². The van der Waals surface area contributed by atoms with Crippen molar-refractivity contribution in [3.63, 3.8) is 0 Å². The fourth-order valence-corrected chi connectivity index (χ4v) is 1.90. The normalized spacial score (nSPS) is 12.1. The summed E-state index contributed by atoms with van der Waals surface area (Å²) < 4.78 is 5.79. The van der Waals surface area contributed by atoms with Gasteiger partial charge in [-0.05, 0) is 24.6 Å². The van der Waals surface area contributed by atoms with Crippen LogP contribution in [0.4, 0.5) is 0 Å². The Hall–Kier alpha value is -1.35. The topological polar surface area (TPSA) is 22.1 Å². The molecule has 1 atom stereocenters. The molecule has 0 saturated carbocycles. The smallest absolute Gasteiger partial charge is 0.142 e. The average Bonchev–Trinajstić information content (AvgIpc) is 2.38. The molecule has 0 N–H and O–H groups in total. The Morgan fingerprint density at radius 2 is 1.94 bits per heavy atom. The van der Waals surface area contributed by atoms with Crippen LogP contribution in [0.15, 0.2) is 48.7 Å². The maximum Gasteiger partial charge on any atom is 0.142 e. The minimum absolute atomic E-state index is 0.189. The highest BCUT2D eigenvalue weighted by molar-refractivity contribution is 9.09. The second-order valence-corrected chi connectivity index (χ2v) is 5.15. The van der Waals surface area contributed by atoms with Crippen LogP contribution in [-0.4, -0.2) is 4.98 Å². The molecule has 0 bridgehead atoms. The van der Waals surface area contributed by atoms with Crippen LogP contribution in [0, 0.1) is 0 Å².